The number of thioether (sulfide) groups is 1. The van der Waals surface area contributed by atoms with Gasteiger partial charge in [-0.25, -0.2) is 9.59 Å². The Hall–Kier alpha value is -2.51. The average Bonchev–Trinajstić information content (AvgIpc) is 3.35. The first-order chi connectivity index (χ1) is 15.1. The highest BCUT2D eigenvalue weighted by Crippen LogP contribution is 2.33. The highest BCUT2D eigenvalue weighted by molar-refractivity contribution is 8.00. The monoisotopic (exact) mass is 440 g/mol. The van der Waals surface area contributed by atoms with Gasteiger partial charge in [-0.1, -0.05) is 73.5 Å². The van der Waals surface area contributed by atoms with Crippen LogP contribution < -0.4 is 10.6 Å². The molecule has 2 aliphatic rings. The summed E-state index contributed by atoms with van der Waals surface area (Å²) in [5.74, 6) is 0.308. The van der Waals surface area contributed by atoms with Crippen molar-refractivity contribution in [1.29, 1.82) is 0 Å². The van der Waals surface area contributed by atoms with Crippen molar-refractivity contribution < 1.29 is 19.4 Å². The standard InChI is InChI=1S/C24H28N2O4S/c27-22(24(29,17-10-4-1-5-11-17)18-12-6-2-7-13-18)30-15-9-3-8-14-20-21-19(16-31-20)25-23(28)26-21/h1-2,4-7,10-13,19-21,29H,3,8-9,14-16H2,(H2,25,26,28)/t19-,20-,21-/m0/s1. The van der Waals surface area contributed by atoms with E-state index in [2.05, 4.69) is 10.6 Å². The molecule has 0 aliphatic carbocycles. The molecule has 2 fully saturated rings. The van der Waals surface area contributed by atoms with E-state index in [1.807, 2.05) is 23.9 Å². The van der Waals surface area contributed by atoms with Gasteiger partial charge in [-0.3, -0.25) is 0 Å². The minimum absolute atomic E-state index is 0.0588. The second-order valence-corrected chi connectivity index (χ2v) is 9.32. The third-order valence-corrected chi connectivity index (χ3v) is 7.49. The van der Waals surface area contributed by atoms with Gasteiger partial charge in [-0.15, -0.1) is 0 Å². The van der Waals surface area contributed by atoms with Crippen molar-refractivity contribution in [2.24, 2.45) is 0 Å². The minimum atomic E-state index is -1.83. The van der Waals surface area contributed by atoms with Crippen molar-refractivity contribution in [3.63, 3.8) is 0 Å². The Bertz CT molecular complexity index is 853. The van der Waals surface area contributed by atoms with Crippen molar-refractivity contribution in [2.45, 2.75) is 48.6 Å². The van der Waals surface area contributed by atoms with Gasteiger partial charge in [-0.2, -0.15) is 11.8 Å². The van der Waals surface area contributed by atoms with Gasteiger partial charge >= 0.3 is 12.0 Å². The summed E-state index contributed by atoms with van der Waals surface area (Å²) in [5, 5.41) is 17.8. The van der Waals surface area contributed by atoms with E-state index >= 15 is 0 Å². The Morgan fingerprint density at radius 3 is 2.29 bits per heavy atom. The van der Waals surface area contributed by atoms with Gasteiger partial charge in [0.2, 0.25) is 5.60 Å². The molecule has 4 rings (SSSR count). The number of unbranched alkanes of at least 4 members (excludes halogenated alkanes) is 2. The first kappa shape index (κ1) is 21.7. The van der Waals surface area contributed by atoms with Gasteiger partial charge in [0.1, 0.15) is 0 Å². The predicted octanol–water partition coefficient (Wildman–Crippen LogP) is 3.19. The van der Waals surface area contributed by atoms with E-state index in [4.69, 9.17) is 4.74 Å². The summed E-state index contributed by atoms with van der Waals surface area (Å²) in [7, 11) is 0. The molecule has 2 heterocycles. The molecule has 2 aromatic rings. The van der Waals surface area contributed by atoms with E-state index in [-0.39, 0.29) is 24.7 Å². The van der Waals surface area contributed by atoms with Crippen molar-refractivity contribution in [1.82, 2.24) is 10.6 Å². The molecule has 0 unspecified atom stereocenters. The van der Waals surface area contributed by atoms with Crippen LogP contribution in [0, 0.1) is 0 Å². The van der Waals surface area contributed by atoms with Gasteiger partial charge in [0.25, 0.3) is 0 Å². The molecule has 0 radical (unpaired) electrons. The number of rotatable bonds is 9. The van der Waals surface area contributed by atoms with Crippen molar-refractivity contribution in [2.75, 3.05) is 12.4 Å². The van der Waals surface area contributed by atoms with Crippen LogP contribution in [0.5, 0.6) is 0 Å². The molecule has 3 N–H and O–H groups in total. The molecule has 6 nitrogen and oxygen atoms in total. The molecule has 2 aromatic carbocycles. The molecule has 2 amide bonds. The molecule has 0 saturated carbocycles. The minimum Gasteiger partial charge on any atom is -0.463 e. The average molecular weight is 441 g/mol. The van der Waals surface area contributed by atoms with E-state index < -0.39 is 11.6 Å². The third kappa shape index (κ3) is 4.72. The summed E-state index contributed by atoms with van der Waals surface area (Å²) < 4.78 is 5.51. The number of nitrogens with one attached hydrogen (secondary N) is 2. The van der Waals surface area contributed by atoms with E-state index in [0.29, 0.717) is 16.4 Å². The fraction of sp³-hybridized carbons (Fsp3) is 0.417. The Kier molecular flexibility index (Phi) is 6.83. The second kappa shape index (κ2) is 9.75. The summed E-state index contributed by atoms with van der Waals surface area (Å²) in [4.78, 5) is 24.4. The molecule has 2 aliphatic heterocycles. The van der Waals surface area contributed by atoms with Gasteiger partial charge in [0.15, 0.2) is 0 Å². The number of carbonyl (C=O) groups excluding carboxylic acids is 2. The zero-order chi connectivity index (χ0) is 21.7. The molecule has 2 saturated heterocycles. The zero-order valence-electron chi connectivity index (χ0n) is 17.3. The molecule has 0 aromatic heterocycles. The number of urea groups is 1. The maximum absolute atomic E-state index is 12.9. The number of esters is 1. The topological polar surface area (TPSA) is 87.7 Å². The summed E-state index contributed by atoms with van der Waals surface area (Å²) in [6.07, 6.45) is 3.70. The van der Waals surface area contributed by atoms with Crippen LogP contribution in [0.15, 0.2) is 60.7 Å². The van der Waals surface area contributed by atoms with Gasteiger partial charge < -0.3 is 20.5 Å². The maximum atomic E-state index is 12.9. The van der Waals surface area contributed by atoms with Crippen LogP contribution >= 0.6 is 11.8 Å². The lowest BCUT2D eigenvalue weighted by Gasteiger charge is -2.27. The van der Waals surface area contributed by atoms with Gasteiger partial charge in [-0.05, 0) is 24.0 Å². The van der Waals surface area contributed by atoms with Crippen LogP contribution in [-0.2, 0) is 15.1 Å². The Balaban J connectivity index is 1.27. The van der Waals surface area contributed by atoms with E-state index in [9.17, 15) is 14.7 Å². The molecule has 164 valence electrons. The van der Waals surface area contributed by atoms with E-state index in [1.165, 1.54) is 0 Å². The molecular weight excluding hydrogens is 412 g/mol. The van der Waals surface area contributed by atoms with Crippen molar-refractivity contribution in [3.8, 4) is 0 Å². The van der Waals surface area contributed by atoms with Crippen LogP contribution in [0.25, 0.3) is 0 Å². The highest BCUT2D eigenvalue weighted by Gasteiger charge is 2.43. The molecule has 3 atom stereocenters. The fourth-order valence-corrected chi connectivity index (χ4v) is 5.84. The smallest absolute Gasteiger partial charge is 0.347 e. The highest BCUT2D eigenvalue weighted by atomic mass is 32.2. The quantitative estimate of drug-likeness (QED) is 0.317. The van der Waals surface area contributed by atoms with Crippen molar-refractivity contribution in [3.05, 3.63) is 71.8 Å². The summed E-state index contributed by atoms with van der Waals surface area (Å²) in [6, 6.07) is 18.2. The number of fused-ring (bicyclic) bond motifs is 1. The van der Waals surface area contributed by atoms with Crippen LogP contribution in [0.3, 0.4) is 0 Å². The summed E-state index contributed by atoms with van der Waals surface area (Å²) in [6.45, 7) is 0.267. The maximum Gasteiger partial charge on any atom is 0.347 e. The molecule has 7 heteroatoms. The second-order valence-electron chi connectivity index (χ2n) is 8.05. The normalized spacial score (nSPS) is 22.5. The number of amides is 2. The predicted molar refractivity (Wildman–Crippen MR) is 121 cm³/mol. The lowest BCUT2D eigenvalue weighted by Crippen LogP contribution is -2.38. The molecule has 0 spiro atoms. The first-order valence-electron chi connectivity index (χ1n) is 10.8. The van der Waals surface area contributed by atoms with E-state index in [0.717, 1.165) is 31.4 Å². The van der Waals surface area contributed by atoms with Gasteiger partial charge in [0.05, 0.1) is 18.7 Å². The molecular formula is C24H28N2O4S. The first-order valence-corrected chi connectivity index (χ1v) is 11.8. The van der Waals surface area contributed by atoms with E-state index in [1.54, 1.807) is 48.5 Å². The number of hydrogen-bond acceptors (Lipinski definition) is 5. The number of ether oxygens (including phenoxy) is 1. The largest absolute Gasteiger partial charge is 0.463 e. The number of carbonyl (C=O) groups is 2. The Morgan fingerprint density at radius 2 is 1.65 bits per heavy atom. The SMILES string of the molecule is O=C1N[C@H]2[C@H](CS[C@H]2CCCCCOC(=O)C(O)(c2ccccc2)c2ccccc2)N1. The summed E-state index contributed by atoms with van der Waals surface area (Å²) >= 11 is 1.91. The Labute approximate surface area is 186 Å². The van der Waals surface area contributed by atoms with Gasteiger partial charge in [0, 0.05) is 11.0 Å². The van der Waals surface area contributed by atoms with Crippen LogP contribution in [0.2, 0.25) is 0 Å². The lowest BCUT2D eigenvalue weighted by atomic mass is 9.86. The van der Waals surface area contributed by atoms with Crippen LogP contribution in [-0.4, -0.2) is 46.8 Å². The number of hydrogen-bond donors (Lipinski definition) is 3. The molecule has 31 heavy (non-hydrogen) atoms. The molecule has 0 bridgehead atoms. The van der Waals surface area contributed by atoms with Crippen molar-refractivity contribution >= 4 is 23.8 Å². The van der Waals surface area contributed by atoms with Crippen LogP contribution in [0.1, 0.15) is 36.8 Å². The summed E-state index contributed by atoms with van der Waals surface area (Å²) in [5.41, 5.74) is -0.844. The number of aliphatic hydroxyl groups is 1. The third-order valence-electron chi connectivity index (χ3n) is 5.98. The lowest BCUT2D eigenvalue weighted by molar-refractivity contribution is -0.162. The number of benzene rings is 2. The zero-order valence-corrected chi connectivity index (χ0v) is 18.1. The fourth-order valence-electron chi connectivity index (χ4n) is 4.30. The van der Waals surface area contributed by atoms with Crippen LogP contribution in [0.4, 0.5) is 4.79 Å². The Morgan fingerprint density at radius 1 is 1.00 bits per heavy atom.